The predicted octanol–water partition coefficient (Wildman–Crippen LogP) is 0.812. The van der Waals surface area contributed by atoms with Gasteiger partial charge in [0, 0.05) is 45.0 Å². The molecular formula is C21H26N4O5S. The molecule has 4 rings (SSSR count). The summed E-state index contributed by atoms with van der Waals surface area (Å²) in [5.74, 6) is -1.18. The summed E-state index contributed by atoms with van der Waals surface area (Å²) in [6.07, 6.45) is 1.81. The van der Waals surface area contributed by atoms with Crippen molar-refractivity contribution in [3.8, 4) is 0 Å². The average Bonchev–Trinajstić information content (AvgIpc) is 3.18. The van der Waals surface area contributed by atoms with E-state index in [9.17, 15) is 18.0 Å². The lowest BCUT2D eigenvalue weighted by molar-refractivity contribution is -0.137. The molecule has 0 aliphatic carbocycles. The van der Waals surface area contributed by atoms with Crippen LogP contribution in [0.3, 0.4) is 0 Å². The van der Waals surface area contributed by atoms with Gasteiger partial charge in [0.1, 0.15) is 5.92 Å². The predicted molar refractivity (Wildman–Crippen MR) is 112 cm³/mol. The Kier molecular flexibility index (Phi) is 5.85. The lowest BCUT2D eigenvalue weighted by Crippen LogP contribution is -2.48. The van der Waals surface area contributed by atoms with Gasteiger partial charge in [-0.25, -0.2) is 8.42 Å². The summed E-state index contributed by atoms with van der Waals surface area (Å²) >= 11 is 0. The van der Waals surface area contributed by atoms with Crippen LogP contribution in [0.1, 0.15) is 34.5 Å². The summed E-state index contributed by atoms with van der Waals surface area (Å²) in [6, 6.07) is 6.25. The molecule has 1 aromatic heterocycles. The van der Waals surface area contributed by atoms with Gasteiger partial charge < -0.3 is 14.5 Å². The van der Waals surface area contributed by atoms with Gasteiger partial charge in [0.15, 0.2) is 9.84 Å². The molecule has 0 saturated carbocycles. The molecule has 0 radical (unpaired) electrons. The molecular weight excluding hydrogens is 420 g/mol. The molecule has 31 heavy (non-hydrogen) atoms. The molecule has 9 nitrogen and oxygen atoms in total. The third-order valence-electron chi connectivity index (χ3n) is 5.77. The zero-order valence-electron chi connectivity index (χ0n) is 17.7. The standard InChI is InChI=1S/C21H26N4O5S/c1-3-31(28,29)18-7-5-4-6-16(18)20(26)25-13-15-12-23(2)22-19(15)17(14-25)21(27)24-8-10-30-11-9-24/h4-7,12,17H,3,8-11,13-14H2,1-2H3/t17-/m0/s1. The first kappa shape index (κ1) is 21.5. The van der Waals surface area contributed by atoms with Crippen LogP contribution < -0.4 is 0 Å². The highest BCUT2D eigenvalue weighted by atomic mass is 32.2. The van der Waals surface area contributed by atoms with E-state index in [1.54, 1.807) is 40.6 Å². The van der Waals surface area contributed by atoms with Crippen molar-refractivity contribution in [3.63, 3.8) is 0 Å². The number of hydrogen-bond acceptors (Lipinski definition) is 6. The highest BCUT2D eigenvalue weighted by Crippen LogP contribution is 2.31. The molecule has 0 unspecified atom stereocenters. The molecule has 3 heterocycles. The highest BCUT2D eigenvalue weighted by molar-refractivity contribution is 7.91. The number of fused-ring (bicyclic) bond motifs is 1. The zero-order valence-corrected chi connectivity index (χ0v) is 18.5. The fraction of sp³-hybridized carbons (Fsp3) is 0.476. The van der Waals surface area contributed by atoms with Crippen molar-refractivity contribution in [2.45, 2.75) is 24.3 Å². The van der Waals surface area contributed by atoms with E-state index in [1.807, 2.05) is 6.20 Å². The number of nitrogens with zero attached hydrogens (tertiary/aromatic N) is 4. The normalized spacial score (nSPS) is 19.2. The maximum absolute atomic E-state index is 13.4. The summed E-state index contributed by atoms with van der Waals surface area (Å²) in [5.41, 5.74) is 1.61. The molecule has 0 bridgehead atoms. The monoisotopic (exact) mass is 446 g/mol. The number of ether oxygens (including phenoxy) is 1. The van der Waals surface area contributed by atoms with Crippen molar-refractivity contribution in [2.24, 2.45) is 7.05 Å². The first-order chi connectivity index (χ1) is 14.8. The summed E-state index contributed by atoms with van der Waals surface area (Å²) in [6.45, 7) is 3.95. The highest BCUT2D eigenvalue weighted by Gasteiger charge is 2.38. The van der Waals surface area contributed by atoms with Gasteiger partial charge in [-0.05, 0) is 12.1 Å². The molecule has 0 N–H and O–H groups in total. The Balaban J connectivity index is 1.68. The first-order valence-corrected chi connectivity index (χ1v) is 12.0. The first-order valence-electron chi connectivity index (χ1n) is 10.3. The Labute approximate surface area is 181 Å². The van der Waals surface area contributed by atoms with E-state index in [0.717, 1.165) is 5.56 Å². The maximum atomic E-state index is 13.4. The van der Waals surface area contributed by atoms with Crippen molar-refractivity contribution in [2.75, 3.05) is 38.6 Å². The van der Waals surface area contributed by atoms with Gasteiger partial charge in [0.05, 0.1) is 35.1 Å². The fourth-order valence-corrected chi connectivity index (χ4v) is 5.23. The molecule has 0 spiro atoms. The molecule has 1 aromatic carbocycles. The number of morpholine rings is 1. The van der Waals surface area contributed by atoms with Gasteiger partial charge in [-0.3, -0.25) is 14.3 Å². The van der Waals surface area contributed by atoms with E-state index in [0.29, 0.717) is 32.0 Å². The minimum absolute atomic E-state index is 0.0236. The number of carbonyl (C=O) groups is 2. The van der Waals surface area contributed by atoms with Crippen LogP contribution in [0, 0.1) is 0 Å². The van der Waals surface area contributed by atoms with Crippen LogP contribution in [-0.4, -0.2) is 78.4 Å². The van der Waals surface area contributed by atoms with Crippen LogP contribution in [0.5, 0.6) is 0 Å². The fourth-order valence-electron chi connectivity index (χ4n) is 4.14. The minimum atomic E-state index is -3.57. The van der Waals surface area contributed by atoms with Crippen LogP contribution in [-0.2, 0) is 33.0 Å². The van der Waals surface area contributed by atoms with E-state index in [1.165, 1.54) is 12.1 Å². The Bertz CT molecular complexity index is 1100. The number of aryl methyl sites for hydroxylation is 1. The Morgan fingerprint density at radius 2 is 1.87 bits per heavy atom. The number of amides is 2. The molecule has 166 valence electrons. The molecule has 1 atom stereocenters. The van der Waals surface area contributed by atoms with Gasteiger partial charge in [-0.1, -0.05) is 19.1 Å². The Morgan fingerprint density at radius 1 is 1.16 bits per heavy atom. The second-order valence-electron chi connectivity index (χ2n) is 7.79. The molecule has 10 heteroatoms. The quantitative estimate of drug-likeness (QED) is 0.689. The maximum Gasteiger partial charge on any atom is 0.255 e. The second-order valence-corrected chi connectivity index (χ2v) is 10.0. The molecule has 2 amide bonds. The van der Waals surface area contributed by atoms with Gasteiger partial charge >= 0.3 is 0 Å². The zero-order chi connectivity index (χ0) is 22.2. The Morgan fingerprint density at radius 3 is 2.58 bits per heavy atom. The summed E-state index contributed by atoms with van der Waals surface area (Å²) in [5, 5.41) is 4.49. The smallest absolute Gasteiger partial charge is 0.255 e. The van der Waals surface area contributed by atoms with Crippen LogP contribution in [0.4, 0.5) is 0 Å². The number of hydrogen-bond donors (Lipinski definition) is 0. The molecule has 2 aliphatic heterocycles. The topological polar surface area (TPSA) is 102 Å². The van der Waals surface area contributed by atoms with Crippen LogP contribution >= 0.6 is 0 Å². The van der Waals surface area contributed by atoms with Crippen LogP contribution in [0.2, 0.25) is 0 Å². The van der Waals surface area contributed by atoms with E-state index in [2.05, 4.69) is 5.10 Å². The van der Waals surface area contributed by atoms with Crippen LogP contribution in [0.25, 0.3) is 0 Å². The van der Waals surface area contributed by atoms with Crippen molar-refractivity contribution in [3.05, 3.63) is 47.3 Å². The van der Waals surface area contributed by atoms with Crippen molar-refractivity contribution < 1.29 is 22.7 Å². The summed E-state index contributed by atoms with van der Waals surface area (Å²) in [7, 11) is -1.79. The third-order valence-corrected chi connectivity index (χ3v) is 7.56. The lowest BCUT2D eigenvalue weighted by atomic mass is 9.94. The van der Waals surface area contributed by atoms with Crippen molar-refractivity contribution >= 4 is 21.7 Å². The average molecular weight is 447 g/mol. The number of carbonyl (C=O) groups excluding carboxylic acids is 2. The lowest BCUT2D eigenvalue weighted by Gasteiger charge is -2.35. The SMILES string of the molecule is CCS(=O)(=O)c1ccccc1C(=O)N1Cc2cn(C)nc2[C@@H](C(=O)N2CCOCC2)C1. The molecule has 1 saturated heterocycles. The number of rotatable bonds is 4. The Hall–Kier alpha value is -2.72. The van der Waals surface area contributed by atoms with Gasteiger partial charge in [0.2, 0.25) is 5.91 Å². The van der Waals surface area contributed by atoms with Crippen molar-refractivity contribution in [1.82, 2.24) is 19.6 Å². The minimum Gasteiger partial charge on any atom is -0.378 e. The van der Waals surface area contributed by atoms with E-state index >= 15 is 0 Å². The van der Waals surface area contributed by atoms with Gasteiger partial charge in [0.25, 0.3) is 5.91 Å². The largest absolute Gasteiger partial charge is 0.378 e. The third kappa shape index (κ3) is 4.09. The van der Waals surface area contributed by atoms with E-state index in [4.69, 9.17) is 4.74 Å². The number of sulfone groups is 1. The van der Waals surface area contributed by atoms with E-state index in [-0.39, 0.29) is 35.2 Å². The molecule has 2 aliphatic rings. The number of aromatic nitrogens is 2. The van der Waals surface area contributed by atoms with Crippen LogP contribution in [0.15, 0.2) is 35.4 Å². The molecule has 2 aromatic rings. The van der Waals surface area contributed by atoms with Crippen molar-refractivity contribution in [1.29, 1.82) is 0 Å². The van der Waals surface area contributed by atoms with Gasteiger partial charge in [-0.2, -0.15) is 5.10 Å². The summed E-state index contributed by atoms with van der Waals surface area (Å²) < 4.78 is 32.1. The number of benzene rings is 1. The molecule has 1 fully saturated rings. The van der Waals surface area contributed by atoms with E-state index < -0.39 is 21.7 Å². The summed E-state index contributed by atoms with van der Waals surface area (Å²) in [4.78, 5) is 30.0. The van der Waals surface area contributed by atoms with Gasteiger partial charge in [-0.15, -0.1) is 0 Å². The second kappa shape index (κ2) is 8.43.